The molecule has 20 heavy (non-hydrogen) atoms. The van der Waals surface area contributed by atoms with E-state index in [1.165, 1.54) is 15.7 Å². The zero-order valence-corrected chi connectivity index (χ0v) is 12.9. The van der Waals surface area contributed by atoms with E-state index >= 15 is 0 Å². The molecule has 3 heterocycles. The van der Waals surface area contributed by atoms with Crippen LogP contribution in [0.1, 0.15) is 5.82 Å². The van der Waals surface area contributed by atoms with Crippen LogP contribution in [0.4, 0.5) is 10.9 Å². The van der Waals surface area contributed by atoms with Gasteiger partial charge in [-0.05, 0) is 6.92 Å². The molecule has 11 heteroatoms. The largest absolute Gasteiger partial charge is 0.371 e. The van der Waals surface area contributed by atoms with Gasteiger partial charge in [-0.2, -0.15) is 12.8 Å². The molecule has 0 radical (unpaired) electrons. The molecule has 3 aromatic heterocycles. The van der Waals surface area contributed by atoms with Crippen molar-refractivity contribution in [2.24, 2.45) is 0 Å². The van der Waals surface area contributed by atoms with Crippen LogP contribution in [0.25, 0.3) is 4.96 Å². The first kappa shape index (κ1) is 13.3. The van der Waals surface area contributed by atoms with Crippen molar-refractivity contribution in [1.29, 1.82) is 0 Å². The van der Waals surface area contributed by atoms with Crippen molar-refractivity contribution in [3.63, 3.8) is 0 Å². The fourth-order valence-electron chi connectivity index (χ4n) is 1.69. The molecule has 0 aliphatic heterocycles. The minimum atomic E-state index is -3.79. The van der Waals surface area contributed by atoms with Crippen LogP contribution in [0.2, 0.25) is 0 Å². The Morgan fingerprint density at radius 2 is 2.15 bits per heavy atom. The summed E-state index contributed by atoms with van der Waals surface area (Å²) in [6.07, 6.45) is 1.66. The molecule has 0 fully saturated rings. The van der Waals surface area contributed by atoms with Crippen LogP contribution in [0.15, 0.2) is 16.6 Å². The second kappa shape index (κ2) is 4.68. The Labute approximate surface area is 122 Å². The number of hydrogen-bond donors (Lipinski definition) is 2. The Kier molecular flexibility index (Phi) is 3.11. The summed E-state index contributed by atoms with van der Waals surface area (Å²) in [5, 5.41) is 4.86. The molecule has 0 aliphatic carbocycles. The number of aryl methyl sites for hydroxylation is 1. The molecule has 0 aromatic carbocycles. The highest BCUT2D eigenvalue weighted by atomic mass is 32.2. The molecular formula is C9H10N6O2S3. The van der Waals surface area contributed by atoms with Crippen LogP contribution in [-0.2, 0) is 10.0 Å². The van der Waals surface area contributed by atoms with Crippen LogP contribution >= 0.6 is 22.9 Å². The van der Waals surface area contributed by atoms with Crippen molar-refractivity contribution in [2.75, 3.05) is 17.1 Å². The minimum Gasteiger partial charge on any atom is -0.371 e. The van der Waals surface area contributed by atoms with Crippen molar-refractivity contribution in [3.8, 4) is 0 Å². The van der Waals surface area contributed by atoms with Gasteiger partial charge in [-0.15, -0.1) is 11.3 Å². The van der Waals surface area contributed by atoms with Crippen LogP contribution in [0.5, 0.6) is 0 Å². The average molecular weight is 330 g/mol. The van der Waals surface area contributed by atoms with E-state index in [9.17, 15) is 8.42 Å². The Hall–Kier alpha value is -1.72. The number of anilines is 2. The number of nitrogens with one attached hydrogen (secondary N) is 2. The van der Waals surface area contributed by atoms with Crippen molar-refractivity contribution >= 4 is 48.8 Å². The first-order chi connectivity index (χ1) is 9.51. The van der Waals surface area contributed by atoms with Gasteiger partial charge in [-0.25, -0.2) is 9.97 Å². The van der Waals surface area contributed by atoms with E-state index < -0.39 is 10.0 Å². The van der Waals surface area contributed by atoms with Gasteiger partial charge >= 0.3 is 0 Å². The van der Waals surface area contributed by atoms with Crippen molar-refractivity contribution in [2.45, 2.75) is 11.9 Å². The highest BCUT2D eigenvalue weighted by Gasteiger charge is 2.26. The van der Waals surface area contributed by atoms with Gasteiger partial charge in [0.25, 0.3) is 10.0 Å². The number of thiazole rings is 1. The Morgan fingerprint density at radius 1 is 1.35 bits per heavy atom. The maximum atomic E-state index is 12.5. The quantitative estimate of drug-likeness (QED) is 0.750. The third-order valence-corrected chi connectivity index (χ3v) is 5.43. The molecule has 3 aromatic rings. The molecule has 0 aliphatic rings. The predicted octanol–water partition coefficient (Wildman–Crippen LogP) is 1.40. The average Bonchev–Trinajstić information content (AvgIpc) is 3.02. The van der Waals surface area contributed by atoms with E-state index in [4.69, 9.17) is 0 Å². The summed E-state index contributed by atoms with van der Waals surface area (Å²) in [7, 11) is -2.17. The molecule has 0 saturated carbocycles. The Balaban J connectivity index is 2.10. The van der Waals surface area contributed by atoms with E-state index in [1.54, 1.807) is 25.5 Å². The lowest BCUT2D eigenvalue weighted by Gasteiger charge is -2.05. The summed E-state index contributed by atoms with van der Waals surface area (Å²) >= 11 is 2.35. The Bertz CT molecular complexity index is 861. The SMILES string of the molecule is CNc1nc2sccn2c1S(=O)(=O)Nc1nc(C)ns1. The lowest BCUT2D eigenvalue weighted by Crippen LogP contribution is -2.16. The number of hydrogen-bond acceptors (Lipinski definition) is 8. The zero-order valence-electron chi connectivity index (χ0n) is 10.5. The first-order valence-electron chi connectivity index (χ1n) is 5.47. The van der Waals surface area contributed by atoms with E-state index in [1.807, 2.05) is 0 Å². The molecule has 106 valence electrons. The summed E-state index contributed by atoms with van der Waals surface area (Å²) in [5.74, 6) is 0.820. The summed E-state index contributed by atoms with van der Waals surface area (Å²) in [5.41, 5.74) is 0. The van der Waals surface area contributed by atoms with Gasteiger partial charge in [0.2, 0.25) is 10.2 Å². The van der Waals surface area contributed by atoms with E-state index in [0.29, 0.717) is 16.6 Å². The maximum Gasteiger partial charge on any atom is 0.283 e. The molecule has 0 amide bonds. The normalized spacial score (nSPS) is 11.9. The molecule has 2 N–H and O–H groups in total. The zero-order chi connectivity index (χ0) is 14.3. The second-order valence-electron chi connectivity index (χ2n) is 3.82. The van der Waals surface area contributed by atoms with Gasteiger partial charge in [-0.3, -0.25) is 9.12 Å². The topological polar surface area (TPSA) is 101 Å². The molecule has 0 atom stereocenters. The highest BCUT2D eigenvalue weighted by Crippen LogP contribution is 2.27. The van der Waals surface area contributed by atoms with Gasteiger partial charge in [0, 0.05) is 30.2 Å². The van der Waals surface area contributed by atoms with Gasteiger partial charge in [0.15, 0.2) is 10.8 Å². The number of nitrogens with zero attached hydrogens (tertiary/aromatic N) is 4. The van der Waals surface area contributed by atoms with Gasteiger partial charge < -0.3 is 5.32 Å². The van der Waals surface area contributed by atoms with Crippen molar-refractivity contribution in [1.82, 2.24) is 18.7 Å². The number of rotatable bonds is 4. The van der Waals surface area contributed by atoms with Crippen LogP contribution < -0.4 is 10.0 Å². The third kappa shape index (κ3) is 2.13. The summed E-state index contributed by atoms with van der Waals surface area (Å²) in [6.45, 7) is 1.70. The molecule has 3 rings (SSSR count). The van der Waals surface area contributed by atoms with Gasteiger partial charge in [0.05, 0.1) is 0 Å². The number of imidazole rings is 1. The highest BCUT2D eigenvalue weighted by molar-refractivity contribution is 7.93. The molecule has 0 saturated heterocycles. The fourth-order valence-corrected chi connectivity index (χ4v) is 4.55. The molecular weight excluding hydrogens is 320 g/mol. The number of aromatic nitrogens is 4. The van der Waals surface area contributed by atoms with Crippen molar-refractivity contribution < 1.29 is 8.42 Å². The predicted molar refractivity (Wildman–Crippen MR) is 78.1 cm³/mol. The van der Waals surface area contributed by atoms with Crippen LogP contribution in [0, 0.1) is 6.92 Å². The first-order valence-corrected chi connectivity index (χ1v) is 8.61. The van der Waals surface area contributed by atoms with Crippen LogP contribution in [0.3, 0.4) is 0 Å². The summed E-state index contributed by atoms with van der Waals surface area (Å²) in [6, 6.07) is 0. The molecule has 0 unspecified atom stereocenters. The standard InChI is InChI=1S/C9H10N6O2S3/c1-5-11-8(19-13-5)14-20(16,17)7-6(10-2)12-9-15(7)3-4-18-9/h3-4,10H,1-2H3,(H,11,13,14). The van der Waals surface area contributed by atoms with Gasteiger partial charge in [-0.1, -0.05) is 0 Å². The monoisotopic (exact) mass is 330 g/mol. The fraction of sp³-hybridized carbons (Fsp3) is 0.222. The molecule has 0 bridgehead atoms. The second-order valence-corrected chi connectivity index (χ2v) is 7.05. The number of sulfonamides is 1. The smallest absolute Gasteiger partial charge is 0.283 e. The maximum absolute atomic E-state index is 12.5. The minimum absolute atomic E-state index is 0.0594. The summed E-state index contributed by atoms with van der Waals surface area (Å²) < 4.78 is 32.9. The molecule has 0 spiro atoms. The lowest BCUT2D eigenvalue weighted by molar-refractivity contribution is 0.597. The van der Waals surface area contributed by atoms with Crippen molar-refractivity contribution in [3.05, 3.63) is 17.4 Å². The summed E-state index contributed by atoms with van der Waals surface area (Å²) in [4.78, 5) is 8.82. The third-order valence-electron chi connectivity index (χ3n) is 2.46. The lowest BCUT2D eigenvalue weighted by atomic mass is 10.7. The number of fused-ring (bicyclic) bond motifs is 1. The van der Waals surface area contributed by atoms with E-state index in [0.717, 1.165) is 11.5 Å². The Morgan fingerprint density at radius 3 is 2.80 bits per heavy atom. The van der Waals surface area contributed by atoms with E-state index in [2.05, 4.69) is 24.4 Å². The van der Waals surface area contributed by atoms with Gasteiger partial charge in [0.1, 0.15) is 5.82 Å². The molecule has 8 nitrogen and oxygen atoms in total. The van der Waals surface area contributed by atoms with E-state index in [-0.39, 0.29) is 10.2 Å². The van der Waals surface area contributed by atoms with Crippen LogP contribution in [-0.4, -0.2) is 34.2 Å².